The molecule has 0 amide bonds. The highest BCUT2D eigenvalue weighted by Gasteiger charge is 2.16. The summed E-state index contributed by atoms with van der Waals surface area (Å²) in [6, 6.07) is 16.9. The summed E-state index contributed by atoms with van der Waals surface area (Å²) in [4.78, 5) is 0. The van der Waals surface area contributed by atoms with Crippen molar-refractivity contribution in [1.82, 2.24) is 15.2 Å². The lowest BCUT2D eigenvalue weighted by molar-refractivity contribution is 0.638. The van der Waals surface area contributed by atoms with Crippen LogP contribution < -0.4 is 10.6 Å². The van der Waals surface area contributed by atoms with Crippen molar-refractivity contribution in [1.29, 1.82) is 0 Å². The molecule has 0 saturated heterocycles. The fourth-order valence-corrected chi connectivity index (χ4v) is 4.53. The Hall–Kier alpha value is -2.75. The van der Waals surface area contributed by atoms with Crippen LogP contribution in [0.1, 0.15) is 54.6 Å². The summed E-state index contributed by atoms with van der Waals surface area (Å²) in [7, 11) is 2.09. The molecule has 1 heterocycles. The van der Waals surface area contributed by atoms with Crippen molar-refractivity contribution in [2.45, 2.75) is 46.6 Å². The molecule has 0 spiro atoms. The van der Waals surface area contributed by atoms with Gasteiger partial charge in [0.2, 0.25) is 0 Å². The summed E-state index contributed by atoms with van der Waals surface area (Å²) in [6.45, 7) is 17.8. The lowest BCUT2D eigenvalue weighted by atomic mass is 10.00. The van der Waals surface area contributed by atoms with Crippen LogP contribution in [0.25, 0.3) is 22.5 Å². The van der Waals surface area contributed by atoms with E-state index in [1.807, 2.05) is 19.1 Å². The molecule has 180 valence electrons. The van der Waals surface area contributed by atoms with Crippen molar-refractivity contribution < 1.29 is 0 Å². The first-order valence-electron chi connectivity index (χ1n) is 12.2. The maximum Gasteiger partial charge on any atom is 0.0493 e. The minimum absolute atomic E-state index is 0.712. The van der Waals surface area contributed by atoms with Gasteiger partial charge in [0.1, 0.15) is 0 Å². The normalized spacial score (nSPS) is 11.0. The van der Waals surface area contributed by atoms with E-state index in [1.54, 1.807) is 0 Å². The van der Waals surface area contributed by atoms with E-state index in [0.717, 1.165) is 60.6 Å². The predicted molar refractivity (Wildman–Crippen MR) is 149 cm³/mol. The molecule has 0 radical (unpaired) electrons. The number of rotatable bonds is 12. The SMILES string of the molecule is C=C(NCc1ccccc1CCCNCCC)c1ccc(Cl)cc1-c1cc(C(=C)C)c(C)n1C. The molecule has 34 heavy (non-hydrogen) atoms. The van der Waals surface area contributed by atoms with Gasteiger partial charge in [-0.1, -0.05) is 62.0 Å². The van der Waals surface area contributed by atoms with E-state index in [2.05, 4.69) is 85.7 Å². The maximum absolute atomic E-state index is 6.42. The van der Waals surface area contributed by atoms with E-state index in [-0.39, 0.29) is 0 Å². The average molecular weight is 476 g/mol. The highest BCUT2D eigenvalue weighted by molar-refractivity contribution is 6.31. The van der Waals surface area contributed by atoms with E-state index in [4.69, 9.17) is 11.6 Å². The molecule has 0 saturated carbocycles. The van der Waals surface area contributed by atoms with Crippen LogP contribution in [0.2, 0.25) is 5.02 Å². The van der Waals surface area contributed by atoms with Crippen LogP contribution in [0, 0.1) is 6.92 Å². The molecule has 2 N–H and O–H groups in total. The molecular formula is C30H38ClN3. The molecule has 3 rings (SSSR count). The van der Waals surface area contributed by atoms with Crippen molar-refractivity contribution in [3.8, 4) is 11.3 Å². The van der Waals surface area contributed by atoms with Crippen LogP contribution in [0.4, 0.5) is 0 Å². The molecule has 0 aliphatic rings. The van der Waals surface area contributed by atoms with E-state index < -0.39 is 0 Å². The monoisotopic (exact) mass is 475 g/mol. The molecule has 0 aliphatic heterocycles. The highest BCUT2D eigenvalue weighted by atomic mass is 35.5. The highest BCUT2D eigenvalue weighted by Crippen LogP contribution is 2.34. The maximum atomic E-state index is 6.42. The number of nitrogens with one attached hydrogen (secondary N) is 2. The summed E-state index contributed by atoms with van der Waals surface area (Å²) in [6.07, 6.45) is 3.38. The second-order valence-corrected chi connectivity index (χ2v) is 9.45. The van der Waals surface area contributed by atoms with Crippen molar-refractivity contribution in [2.75, 3.05) is 13.1 Å². The molecule has 0 unspecified atom stereocenters. The Morgan fingerprint density at radius 1 is 1.00 bits per heavy atom. The molecule has 0 aliphatic carbocycles. The third kappa shape index (κ3) is 6.22. The Kier molecular flexibility index (Phi) is 9.20. The van der Waals surface area contributed by atoms with Gasteiger partial charge in [-0.2, -0.15) is 0 Å². The molecule has 3 nitrogen and oxygen atoms in total. The molecular weight excluding hydrogens is 438 g/mol. The molecule has 0 atom stereocenters. The molecule has 0 fully saturated rings. The Labute approximate surface area is 210 Å². The first-order valence-corrected chi connectivity index (χ1v) is 12.5. The van der Waals surface area contributed by atoms with Gasteiger partial charge >= 0.3 is 0 Å². The number of hydrogen-bond acceptors (Lipinski definition) is 2. The minimum atomic E-state index is 0.712. The van der Waals surface area contributed by atoms with Crippen LogP contribution >= 0.6 is 11.6 Å². The first kappa shape index (κ1) is 25.9. The van der Waals surface area contributed by atoms with Crippen molar-refractivity contribution >= 4 is 22.9 Å². The van der Waals surface area contributed by atoms with Gasteiger partial charge in [-0.3, -0.25) is 0 Å². The second-order valence-electron chi connectivity index (χ2n) is 9.01. The van der Waals surface area contributed by atoms with E-state index in [9.17, 15) is 0 Å². The zero-order valence-electron chi connectivity index (χ0n) is 21.1. The number of allylic oxidation sites excluding steroid dienone is 1. The summed E-state index contributed by atoms with van der Waals surface area (Å²) in [5.41, 5.74) is 10.2. The number of nitrogens with zero attached hydrogens (tertiary/aromatic N) is 1. The van der Waals surface area contributed by atoms with E-state index in [0.29, 0.717) is 5.02 Å². The van der Waals surface area contributed by atoms with Crippen molar-refractivity contribution in [2.24, 2.45) is 7.05 Å². The quantitative estimate of drug-likeness (QED) is 0.267. The van der Waals surface area contributed by atoms with Gasteiger partial charge in [-0.25, -0.2) is 0 Å². The average Bonchev–Trinajstić information content (AvgIpc) is 3.12. The van der Waals surface area contributed by atoms with Crippen LogP contribution in [-0.2, 0) is 20.0 Å². The summed E-state index contributed by atoms with van der Waals surface area (Å²) in [5.74, 6) is 0. The van der Waals surface area contributed by atoms with Gasteiger partial charge in [-0.15, -0.1) is 0 Å². The summed E-state index contributed by atoms with van der Waals surface area (Å²) < 4.78 is 2.20. The molecule has 4 heteroatoms. The fraction of sp³-hybridized carbons (Fsp3) is 0.333. The number of aromatic nitrogens is 1. The first-order chi connectivity index (χ1) is 16.3. The van der Waals surface area contributed by atoms with Gasteiger partial charge in [0.15, 0.2) is 0 Å². The topological polar surface area (TPSA) is 29.0 Å². The number of aryl methyl sites for hydroxylation is 1. The Morgan fingerprint density at radius 2 is 1.74 bits per heavy atom. The summed E-state index contributed by atoms with van der Waals surface area (Å²) >= 11 is 6.42. The minimum Gasteiger partial charge on any atom is -0.381 e. The lowest BCUT2D eigenvalue weighted by Crippen LogP contribution is -2.17. The van der Waals surface area contributed by atoms with Crippen molar-refractivity contribution in [3.05, 3.63) is 94.7 Å². The van der Waals surface area contributed by atoms with Gasteiger partial charge in [0.25, 0.3) is 0 Å². The second kappa shape index (κ2) is 12.1. The van der Waals surface area contributed by atoms with Gasteiger partial charge in [-0.05, 0) is 86.7 Å². The van der Waals surface area contributed by atoms with E-state index in [1.165, 1.54) is 28.8 Å². The Balaban J connectivity index is 1.79. The third-order valence-corrected chi connectivity index (χ3v) is 6.65. The number of hydrogen-bond donors (Lipinski definition) is 2. The fourth-order valence-electron chi connectivity index (χ4n) is 4.36. The van der Waals surface area contributed by atoms with Crippen LogP contribution in [0.3, 0.4) is 0 Å². The van der Waals surface area contributed by atoms with Gasteiger partial charge < -0.3 is 15.2 Å². The largest absolute Gasteiger partial charge is 0.381 e. The predicted octanol–water partition coefficient (Wildman–Crippen LogP) is 7.38. The van der Waals surface area contributed by atoms with Crippen LogP contribution in [0.5, 0.6) is 0 Å². The van der Waals surface area contributed by atoms with Crippen LogP contribution in [0.15, 0.2) is 61.7 Å². The molecule has 3 aromatic rings. The van der Waals surface area contributed by atoms with E-state index >= 15 is 0 Å². The molecule has 1 aromatic heterocycles. The summed E-state index contributed by atoms with van der Waals surface area (Å²) in [5, 5.41) is 7.78. The third-order valence-electron chi connectivity index (χ3n) is 6.41. The van der Waals surface area contributed by atoms with Gasteiger partial charge in [0, 0.05) is 46.8 Å². The molecule has 2 aromatic carbocycles. The Morgan fingerprint density at radius 3 is 2.41 bits per heavy atom. The standard InChI is InChI=1S/C30H38ClN3/c1-7-16-32-17-10-13-24-11-8-9-12-25(24)20-33-22(4)27-15-14-26(31)18-29(27)30-19-28(21(2)3)23(5)34(30)6/h8-9,11-12,14-15,18-19,32-33H,2,4,7,10,13,16-17,20H2,1,3,5-6H3. The number of halogens is 1. The zero-order chi connectivity index (χ0) is 24.7. The Bertz CT molecular complexity index is 1160. The smallest absolute Gasteiger partial charge is 0.0493 e. The number of benzene rings is 2. The molecule has 0 bridgehead atoms. The lowest BCUT2D eigenvalue weighted by Gasteiger charge is -2.17. The van der Waals surface area contributed by atoms with Gasteiger partial charge in [0.05, 0.1) is 0 Å². The zero-order valence-corrected chi connectivity index (χ0v) is 21.9. The van der Waals surface area contributed by atoms with Crippen LogP contribution in [-0.4, -0.2) is 17.7 Å². The van der Waals surface area contributed by atoms with Crippen molar-refractivity contribution in [3.63, 3.8) is 0 Å².